The fourth-order valence-corrected chi connectivity index (χ4v) is 4.60. The van der Waals surface area contributed by atoms with E-state index >= 15 is 0 Å². The molecule has 0 unspecified atom stereocenters. The van der Waals surface area contributed by atoms with Gasteiger partial charge in [-0.25, -0.2) is 0 Å². The molecule has 0 radical (unpaired) electrons. The van der Waals surface area contributed by atoms with Crippen LogP contribution in [0.1, 0.15) is 20.8 Å². The predicted octanol–water partition coefficient (Wildman–Crippen LogP) is -3.00. The molecule has 2 aliphatic heterocycles. The summed E-state index contributed by atoms with van der Waals surface area (Å²) in [5, 5.41) is 17.0. The number of aliphatic carboxylic acids is 1. The molecule has 0 saturated carbocycles. The van der Waals surface area contributed by atoms with Gasteiger partial charge in [-0.05, 0) is 20.8 Å². The van der Waals surface area contributed by atoms with Crippen LogP contribution in [0.4, 0.5) is 0 Å². The number of thioether (sulfide) groups is 1. The molecule has 2 saturated heterocycles. The normalized spacial score (nSPS) is 26.2. The number of amides is 2. The Morgan fingerprint density at radius 2 is 1.96 bits per heavy atom. The topological polar surface area (TPSA) is 111 Å². The molecule has 8 nitrogen and oxygen atoms in total. The van der Waals surface area contributed by atoms with Crippen molar-refractivity contribution in [1.29, 1.82) is 0 Å². The van der Waals surface area contributed by atoms with Gasteiger partial charge in [0.2, 0.25) is 5.91 Å². The first kappa shape index (κ1) is 23.6. The quantitative estimate of drug-likeness (QED) is 0.215. The molecule has 0 spiro atoms. The van der Waals surface area contributed by atoms with Crippen molar-refractivity contribution < 1.29 is 53.9 Å². The van der Waals surface area contributed by atoms with Gasteiger partial charge >= 0.3 is 29.6 Å². The van der Waals surface area contributed by atoms with Crippen LogP contribution in [0.3, 0.4) is 0 Å². The smallest absolute Gasteiger partial charge is 0.548 e. The molecule has 3 atom stereocenters. The van der Waals surface area contributed by atoms with E-state index in [-0.39, 0.29) is 45.3 Å². The van der Waals surface area contributed by atoms with Crippen LogP contribution in [0.15, 0.2) is 15.2 Å². The van der Waals surface area contributed by atoms with Crippen molar-refractivity contribution in [3.8, 4) is 0 Å². The zero-order valence-electron chi connectivity index (χ0n) is 14.8. The van der Waals surface area contributed by atoms with Crippen LogP contribution >= 0.6 is 35.0 Å². The number of carboxylic acid groups (broad SMARTS) is 1. The fraction of sp³-hybridized carbons (Fsp3) is 0.571. The molecule has 0 aromatic carbocycles. The maximum absolute atomic E-state index is 12.4. The maximum atomic E-state index is 12.4. The van der Waals surface area contributed by atoms with E-state index in [1.807, 2.05) is 0 Å². The number of carboxylic acids is 1. The van der Waals surface area contributed by atoms with Crippen molar-refractivity contribution in [2.75, 3.05) is 7.11 Å². The molecule has 0 aromatic heterocycles. The third kappa shape index (κ3) is 4.18. The van der Waals surface area contributed by atoms with Gasteiger partial charge in [-0.3, -0.25) is 9.59 Å². The Morgan fingerprint density at radius 3 is 2.42 bits per heavy atom. The largest absolute Gasteiger partial charge is 1.00 e. The van der Waals surface area contributed by atoms with Crippen LogP contribution in [0, 0.1) is 0 Å². The van der Waals surface area contributed by atoms with Gasteiger partial charge in [-0.2, -0.15) is 0 Å². The van der Waals surface area contributed by atoms with E-state index in [2.05, 4.69) is 15.3 Å². The Kier molecular flexibility index (Phi) is 7.90. The van der Waals surface area contributed by atoms with Crippen molar-refractivity contribution in [2.24, 2.45) is 5.16 Å². The van der Waals surface area contributed by atoms with Crippen LogP contribution in [0.2, 0.25) is 0 Å². The number of hydrogen-bond acceptors (Lipinski definition) is 7. The number of oxime groups is 1. The molecular formula is C14H16Cl2N3NaO5S. The van der Waals surface area contributed by atoms with E-state index in [9.17, 15) is 19.5 Å². The molecule has 0 aliphatic carbocycles. The third-order valence-electron chi connectivity index (χ3n) is 3.99. The Bertz CT molecular complexity index is 696. The fourth-order valence-electron chi connectivity index (χ4n) is 2.80. The number of nitrogens with zero attached hydrogens (tertiary/aromatic N) is 2. The van der Waals surface area contributed by atoms with Crippen LogP contribution < -0.4 is 40.0 Å². The van der Waals surface area contributed by atoms with E-state index in [4.69, 9.17) is 23.2 Å². The Morgan fingerprint density at radius 1 is 1.38 bits per heavy atom. The van der Waals surface area contributed by atoms with Gasteiger partial charge in [0.1, 0.15) is 23.0 Å². The summed E-state index contributed by atoms with van der Waals surface area (Å²) in [6.07, 6.45) is 0. The minimum Gasteiger partial charge on any atom is -0.548 e. The summed E-state index contributed by atoms with van der Waals surface area (Å²) in [7, 11) is 1.25. The second kappa shape index (κ2) is 8.70. The average molecular weight is 432 g/mol. The summed E-state index contributed by atoms with van der Waals surface area (Å²) >= 11 is 12.6. The molecule has 2 rings (SSSR count). The molecular weight excluding hydrogens is 416 g/mol. The second-order valence-corrected chi connectivity index (χ2v) is 8.76. The van der Waals surface area contributed by atoms with Crippen molar-refractivity contribution in [3.05, 3.63) is 10.1 Å². The summed E-state index contributed by atoms with van der Waals surface area (Å²) in [6, 6.07) is -1.95. The summed E-state index contributed by atoms with van der Waals surface area (Å²) in [5.41, 5.74) is 0.00536. The minimum absolute atomic E-state index is 0. The molecule has 1 N–H and O–H groups in total. The standard InChI is InChI=1S/C14H17Cl2N3O5S.Na/c1-5(9(15)16)6(18-24-4)10(20)17-7-11(21)19-8(13(22)23)14(2,3)25-12(7)19;/h7-8,12H,1-4H3,(H,17,20)(H,22,23);/q;+1/p-1/b18-6-;/t7-,8+,12-;/m1./s1. The van der Waals surface area contributed by atoms with Crippen LogP contribution in [0.5, 0.6) is 0 Å². The van der Waals surface area contributed by atoms with Gasteiger partial charge in [0.15, 0.2) is 5.71 Å². The summed E-state index contributed by atoms with van der Waals surface area (Å²) < 4.78 is -0.905. The van der Waals surface area contributed by atoms with Crippen LogP contribution in [-0.2, 0) is 19.2 Å². The van der Waals surface area contributed by atoms with E-state index in [0.29, 0.717) is 0 Å². The van der Waals surface area contributed by atoms with Crippen molar-refractivity contribution in [1.82, 2.24) is 10.2 Å². The molecule has 2 heterocycles. The molecule has 2 aliphatic rings. The Hall–Kier alpha value is -0.450. The maximum Gasteiger partial charge on any atom is 1.00 e. The Balaban J connectivity index is 0.00000338. The van der Waals surface area contributed by atoms with Crippen LogP contribution in [-0.4, -0.2) is 57.7 Å². The predicted molar refractivity (Wildman–Crippen MR) is 91.9 cm³/mol. The number of carbonyl (C=O) groups is 3. The average Bonchev–Trinajstić information content (AvgIpc) is 2.77. The molecule has 12 heteroatoms. The monoisotopic (exact) mass is 431 g/mol. The van der Waals surface area contributed by atoms with E-state index in [0.717, 1.165) is 0 Å². The van der Waals surface area contributed by atoms with Crippen molar-refractivity contribution in [3.63, 3.8) is 0 Å². The number of fused-ring (bicyclic) bond motifs is 1. The first-order chi connectivity index (χ1) is 11.5. The number of rotatable bonds is 5. The van der Waals surface area contributed by atoms with Crippen molar-refractivity contribution >= 4 is 58.5 Å². The summed E-state index contributed by atoms with van der Waals surface area (Å²) in [6.45, 7) is 4.89. The first-order valence-electron chi connectivity index (χ1n) is 7.18. The minimum atomic E-state index is -1.33. The van der Waals surface area contributed by atoms with E-state index in [1.165, 1.54) is 30.7 Å². The summed E-state index contributed by atoms with van der Waals surface area (Å²) in [4.78, 5) is 41.9. The molecule has 138 valence electrons. The Labute approximate surface area is 186 Å². The van der Waals surface area contributed by atoms with Crippen molar-refractivity contribution in [2.45, 2.75) is 43.0 Å². The number of hydrogen-bond donors (Lipinski definition) is 1. The third-order valence-corrected chi connectivity index (χ3v) is 6.13. The second-order valence-electron chi connectivity index (χ2n) is 6.04. The van der Waals surface area contributed by atoms with Gasteiger partial charge in [0, 0.05) is 10.3 Å². The summed E-state index contributed by atoms with van der Waals surface area (Å²) in [5.74, 6) is -2.53. The number of carbonyl (C=O) groups excluding carboxylic acids is 3. The van der Waals surface area contributed by atoms with E-state index in [1.54, 1.807) is 13.8 Å². The first-order valence-corrected chi connectivity index (χ1v) is 8.81. The number of β-lactam (4-membered cyclic amide) rings is 1. The van der Waals surface area contributed by atoms with Gasteiger partial charge in [0.05, 0.1) is 12.0 Å². The zero-order valence-corrected chi connectivity index (χ0v) is 19.2. The molecule has 2 amide bonds. The van der Waals surface area contributed by atoms with Gasteiger partial charge in [-0.15, -0.1) is 11.8 Å². The zero-order chi connectivity index (χ0) is 19.1. The SMILES string of the molecule is CO/N=C(\C(=O)N[C@@H]1C(=O)N2[C@@H]1SC(C)(C)[C@@H]2C(=O)[O-])C(C)=C(Cl)Cl.[Na+]. The molecule has 26 heavy (non-hydrogen) atoms. The number of nitrogens with one attached hydrogen (secondary N) is 1. The number of halogens is 2. The molecule has 2 fully saturated rings. The molecule has 0 aromatic rings. The van der Waals surface area contributed by atoms with Gasteiger partial charge in [0.25, 0.3) is 5.91 Å². The molecule has 0 bridgehead atoms. The van der Waals surface area contributed by atoms with Gasteiger partial charge < -0.3 is 25.0 Å². The van der Waals surface area contributed by atoms with Crippen LogP contribution in [0.25, 0.3) is 0 Å². The van der Waals surface area contributed by atoms with E-state index < -0.39 is 40.0 Å². The van der Waals surface area contributed by atoms with Gasteiger partial charge in [-0.1, -0.05) is 28.4 Å².